The topological polar surface area (TPSA) is 65.4 Å². The summed E-state index contributed by atoms with van der Waals surface area (Å²) in [6, 6.07) is 0. The molecule has 0 atom stereocenters. The van der Waals surface area contributed by atoms with Crippen molar-refractivity contribution in [1.29, 1.82) is 0 Å². The number of likely N-dealkylation sites (tertiary alicyclic amines) is 1. The number of nitrogens with zero attached hydrogens (tertiary/aromatic N) is 4. The summed E-state index contributed by atoms with van der Waals surface area (Å²) in [5, 5.41) is 6.55. The van der Waals surface area contributed by atoms with Crippen molar-refractivity contribution in [2.75, 3.05) is 38.5 Å². The molecule has 7 heteroatoms. The Morgan fingerprint density at radius 3 is 2.74 bits per heavy atom. The van der Waals surface area contributed by atoms with Crippen molar-refractivity contribution in [2.45, 2.75) is 12.8 Å². The van der Waals surface area contributed by atoms with Gasteiger partial charge in [0.05, 0.1) is 6.20 Å². The molecule has 19 heavy (non-hydrogen) atoms. The van der Waals surface area contributed by atoms with Gasteiger partial charge in [0.1, 0.15) is 5.82 Å². The van der Waals surface area contributed by atoms with Crippen LogP contribution in [0.4, 0.5) is 5.82 Å². The first-order chi connectivity index (χ1) is 8.90. The highest BCUT2D eigenvalue weighted by molar-refractivity contribution is 14.0. The van der Waals surface area contributed by atoms with Crippen molar-refractivity contribution in [3.63, 3.8) is 0 Å². The van der Waals surface area contributed by atoms with E-state index in [9.17, 15) is 0 Å². The van der Waals surface area contributed by atoms with E-state index >= 15 is 0 Å². The molecule has 0 spiro atoms. The molecule has 1 saturated heterocycles. The van der Waals surface area contributed by atoms with Crippen LogP contribution in [0.1, 0.15) is 12.8 Å². The Morgan fingerprint density at radius 1 is 1.32 bits per heavy atom. The average Bonchev–Trinajstić information content (AvgIpc) is 2.94. The van der Waals surface area contributed by atoms with Crippen LogP contribution in [0.2, 0.25) is 0 Å². The molecule has 0 amide bonds. The Balaban J connectivity index is 0.00000180. The fraction of sp³-hybridized carbons (Fsp3) is 0.583. The second-order valence-corrected chi connectivity index (χ2v) is 4.19. The second-order valence-electron chi connectivity index (χ2n) is 4.19. The SMILES string of the molecule is CN=C(NCCNc1cnccn1)N1CCCC1.I. The second kappa shape index (κ2) is 8.89. The normalized spacial score (nSPS) is 15.0. The van der Waals surface area contributed by atoms with Crippen molar-refractivity contribution in [3.05, 3.63) is 18.6 Å². The summed E-state index contributed by atoms with van der Waals surface area (Å²) >= 11 is 0. The quantitative estimate of drug-likeness (QED) is 0.358. The summed E-state index contributed by atoms with van der Waals surface area (Å²) in [5.74, 6) is 1.80. The van der Waals surface area contributed by atoms with Gasteiger partial charge in [-0.2, -0.15) is 0 Å². The third-order valence-corrected chi connectivity index (χ3v) is 2.89. The van der Waals surface area contributed by atoms with Crippen LogP contribution in [-0.2, 0) is 0 Å². The number of hydrogen-bond donors (Lipinski definition) is 2. The molecule has 0 aromatic carbocycles. The lowest BCUT2D eigenvalue weighted by Gasteiger charge is -2.20. The standard InChI is InChI=1S/C12H20N6.HI/c1-13-12(18-8-2-3-9-18)17-7-6-16-11-10-14-4-5-15-11;/h4-5,10H,2-3,6-9H2,1H3,(H,13,17)(H,15,16);1H. The predicted molar refractivity (Wildman–Crippen MR) is 88.1 cm³/mol. The Kier molecular flexibility index (Phi) is 7.46. The molecular weight excluding hydrogens is 355 g/mol. The highest BCUT2D eigenvalue weighted by atomic mass is 127. The Labute approximate surface area is 131 Å². The Morgan fingerprint density at radius 2 is 2.11 bits per heavy atom. The van der Waals surface area contributed by atoms with E-state index in [0.717, 1.165) is 38.0 Å². The minimum Gasteiger partial charge on any atom is -0.367 e. The minimum absolute atomic E-state index is 0. The van der Waals surface area contributed by atoms with Crippen molar-refractivity contribution in [1.82, 2.24) is 20.2 Å². The van der Waals surface area contributed by atoms with Crippen molar-refractivity contribution >= 4 is 35.8 Å². The van der Waals surface area contributed by atoms with Crippen LogP contribution in [0.3, 0.4) is 0 Å². The molecule has 2 rings (SSSR count). The lowest BCUT2D eigenvalue weighted by atomic mass is 10.4. The number of hydrogen-bond acceptors (Lipinski definition) is 4. The zero-order valence-corrected chi connectivity index (χ0v) is 13.5. The van der Waals surface area contributed by atoms with Crippen LogP contribution in [-0.4, -0.2) is 54.1 Å². The molecule has 2 heterocycles. The number of halogens is 1. The molecule has 0 unspecified atom stereocenters. The summed E-state index contributed by atoms with van der Waals surface area (Å²) in [4.78, 5) is 14.7. The van der Waals surface area contributed by atoms with Gasteiger partial charge in [-0.25, -0.2) is 4.98 Å². The summed E-state index contributed by atoms with van der Waals surface area (Å²) in [7, 11) is 1.83. The molecule has 1 aliphatic heterocycles. The lowest BCUT2D eigenvalue weighted by Crippen LogP contribution is -2.41. The molecule has 1 aromatic rings. The van der Waals surface area contributed by atoms with Gasteiger partial charge >= 0.3 is 0 Å². The molecule has 0 bridgehead atoms. The van der Waals surface area contributed by atoms with E-state index in [0.29, 0.717) is 0 Å². The number of aliphatic imine (C=N–C) groups is 1. The van der Waals surface area contributed by atoms with Gasteiger partial charge in [0.2, 0.25) is 0 Å². The smallest absolute Gasteiger partial charge is 0.193 e. The first kappa shape index (κ1) is 15.9. The van der Waals surface area contributed by atoms with Crippen molar-refractivity contribution < 1.29 is 0 Å². The van der Waals surface area contributed by atoms with Gasteiger partial charge in [-0.05, 0) is 12.8 Å². The van der Waals surface area contributed by atoms with Crippen LogP contribution in [0, 0.1) is 0 Å². The van der Waals surface area contributed by atoms with Gasteiger partial charge < -0.3 is 15.5 Å². The molecule has 106 valence electrons. The van der Waals surface area contributed by atoms with E-state index in [4.69, 9.17) is 0 Å². The summed E-state index contributed by atoms with van der Waals surface area (Å²) in [5.41, 5.74) is 0. The number of nitrogens with one attached hydrogen (secondary N) is 2. The molecular formula is C12H21IN6. The fourth-order valence-corrected chi connectivity index (χ4v) is 2.02. The van der Waals surface area contributed by atoms with E-state index in [1.807, 2.05) is 7.05 Å². The summed E-state index contributed by atoms with van der Waals surface area (Å²) in [6.45, 7) is 3.83. The van der Waals surface area contributed by atoms with Crippen molar-refractivity contribution in [2.24, 2.45) is 4.99 Å². The van der Waals surface area contributed by atoms with Crippen LogP contribution < -0.4 is 10.6 Å². The van der Waals surface area contributed by atoms with Gasteiger partial charge in [0, 0.05) is 45.6 Å². The zero-order valence-electron chi connectivity index (χ0n) is 11.2. The molecule has 6 nitrogen and oxygen atoms in total. The van der Waals surface area contributed by atoms with Crippen molar-refractivity contribution in [3.8, 4) is 0 Å². The average molecular weight is 376 g/mol. The summed E-state index contributed by atoms with van der Waals surface area (Å²) in [6.07, 6.45) is 7.59. The van der Waals surface area contributed by atoms with Crippen LogP contribution in [0.5, 0.6) is 0 Å². The maximum atomic E-state index is 4.29. The van der Waals surface area contributed by atoms with E-state index in [1.165, 1.54) is 12.8 Å². The third kappa shape index (κ3) is 5.17. The zero-order chi connectivity index (χ0) is 12.6. The maximum Gasteiger partial charge on any atom is 0.193 e. The van der Waals surface area contributed by atoms with Gasteiger partial charge in [-0.3, -0.25) is 9.98 Å². The molecule has 1 aliphatic rings. The van der Waals surface area contributed by atoms with Crippen LogP contribution >= 0.6 is 24.0 Å². The van der Waals surface area contributed by atoms with Crippen LogP contribution in [0.15, 0.2) is 23.6 Å². The monoisotopic (exact) mass is 376 g/mol. The van der Waals surface area contributed by atoms with Crippen LogP contribution in [0.25, 0.3) is 0 Å². The van der Waals surface area contributed by atoms with Gasteiger partial charge in [-0.1, -0.05) is 0 Å². The predicted octanol–water partition coefficient (Wildman–Crippen LogP) is 1.18. The van der Waals surface area contributed by atoms with E-state index < -0.39 is 0 Å². The number of aromatic nitrogens is 2. The van der Waals surface area contributed by atoms with E-state index in [-0.39, 0.29) is 24.0 Å². The molecule has 0 aliphatic carbocycles. The molecule has 1 fully saturated rings. The third-order valence-electron chi connectivity index (χ3n) is 2.89. The molecule has 2 N–H and O–H groups in total. The Hall–Kier alpha value is -1.12. The van der Waals surface area contributed by atoms with Gasteiger partial charge in [0.15, 0.2) is 5.96 Å². The fourth-order valence-electron chi connectivity index (χ4n) is 2.02. The molecule has 0 saturated carbocycles. The minimum atomic E-state index is 0. The Bertz CT molecular complexity index is 377. The first-order valence-corrected chi connectivity index (χ1v) is 6.35. The number of rotatable bonds is 4. The highest BCUT2D eigenvalue weighted by Crippen LogP contribution is 2.06. The highest BCUT2D eigenvalue weighted by Gasteiger charge is 2.14. The number of guanidine groups is 1. The molecule has 1 aromatic heterocycles. The first-order valence-electron chi connectivity index (χ1n) is 6.35. The summed E-state index contributed by atoms with van der Waals surface area (Å²) < 4.78 is 0. The lowest BCUT2D eigenvalue weighted by molar-refractivity contribution is 0.495. The number of anilines is 1. The van der Waals surface area contributed by atoms with E-state index in [1.54, 1.807) is 18.6 Å². The molecule has 0 radical (unpaired) electrons. The van der Waals surface area contributed by atoms with Gasteiger partial charge in [-0.15, -0.1) is 24.0 Å². The van der Waals surface area contributed by atoms with Gasteiger partial charge in [0.25, 0.3) is 0 Å². The largest absolute Gasteiger partial charge is 0.367 e. The van der Waals surface area contributed by atoms with E-state index in [2.05, 4.69) is 30.5 Å². The maximum absolute atomic E-state index is 4.29.